The molecule has 0 aromatic carbocycles. The van der Waals surface area contributed by atoms with Gasteiger partial charge in [-0.25, -0.2) is 0 Å². The van der Waals surface area contributed by atoms with Gasteiger partial charge < -0.3 is 10.4 Å². The third kappa shape index (κ3) is 31.9. The van der Waals surface area contributed by atoms with Crippen LogP contribution in [-0.2, 0) is 0 Å². The van der Waals surface area contributed by atoms with Crippen molar-refractivity contribution < 1.29 is 5.11 Å². The highest BCUT2D eigenvalue weighted by Gasteiger charge is 1.96. The molecule has 0 aliphatic heterocycles. The Morgan fingerprint density at radius 2 is 0.559 bits per heavy atom. The topological polar surface area (TPSA) is 32.3 Å². The van der Waals surface area contributed by atoms with E-state index in [-0.39, 0.29) is 0 Å². The number of rotatable bonds is 31. The summed E-state index contributed by atoms with van der Waals surface area (Å²) in [5.74, 6) is 0. The second-order valence-electron chi connectivity index (χ2n) is 11.0. The van der Waals surface area contributed by atoms with Gasteiger partial charge >= 0.3 is 0 Å². The first-order valence-electron chi connectivity index (χ1n) is 16.2. The molecule has 34 heavy (non-hydrogen) atoms. The molecule has 0 radical (unpaired) electrons. The fraction of sp³-hybridized carbons (Fsp3) is 1.00. The van der Waals surface area contributed by atoms with Gasteiger partial charge in [0.15, 0.2) is 0 Å². The van der Waals surface area contributed by atoms with Gasteiger partial charge in [-0.1, -0.05) is 174 Å². The molecule has 0 aromatic rings. The molecule has 2 nitrogen and oxygen atoms in total. The lowest BCUT2D eigenvalue weighted by Crippen LogP contribution is -2.17. The number of unbranched alkanes of at least 4 members (excludes halogenated alkanes) is 26. The highest BCUT2D eigenvalue weighted by atomic mass is 16.3. The van der Waals surface area contributed by atoms with E-state index < -0.39 is 0 Å². The van der Waals surface area contributed by atoms with E-state index >= 15 is 0 Å². The zero-order valence-corrected chi connectivity index (χ0v) is 23.9. The van der Waals surface area contributed by atoms with E-state index in [9.17, 15) is 0 Å². The van der Waals surface area contributed by atoms with Crippen molar-refractivity contribution in [1.82, 2.24) is 5.32 Å². The van der Waals surface area contributed by atoms with Crippen LogP contribution in [0.15, 0.2) is 0 Å². The molecular formula is C32H67NO. The Hall–Kier alpha value is -0.0800. The Morgan fingerprint density at radius 3 is 0.824 bits per heavy atom. The fourth-order valence-electron chi connectivity index (χ4n) is 5.07. The number of hydrogen-bond acceptors (Lipinski definition) is 2. The van der Waals surface area contributed by atoms with Gasteiger partial charge in [-0.05, 0) is 25.9 Å². The van der Waals surface area contributed by atoms with Crippen LogP contribution in [0.1, 0.15) is 187 Å². The highest BCUT2D eigenvalue weighted by Crippen LogP contribution is 2.16. The molecule has 0 bridgehead atoms. The summed E-state index contributed by atoms with van der Waals surface area (Å²) in [7, 11) is 0. The maximum absolute atomic E-state index is 8.73. The van der Waals surface area contributed by atoms with E-state index in [1.165, 1.54) is 173 Å². The van der Waals surface area contributed by atoms with E-state index in [1.54, 1.807) is 0 Å². The maximum Gasteiger partial charge on any atom is 0.0443 e. The van der Waals surface area contributed by atoms with Crippen LogP contribution in [0.3, 0.4) is 0 Å². The van der Waals surface area contributed by atoms with E-state index in [2.05, 4.69) is 12.2 Å². The summed E-state index contributed by atoms with van der Waals surface area (Å²) in [4.78, 5) is 0. The van der Waals surface area contributed by atoms with Crippen LogP contribution in [0.25, 0.3) is 0 Å². The molecular weight excluding hydrogens is 414 g/mol. The van der Waals surface area contributed by atoms with Gasteiger partial charge in [0.2, 0.25) is 0 Å². The Labute approximate surface area is 216 Å². The third-order valence-corrected chi connectivity index (χ3v) is 7.47. The van der Waals surface area contributed by atoms with Gasteiger partial charge in [0, 0.05) is 6.61 Å². The van der Waals surface area contributed by atoms with Gasteiger partial charge in [0.1, 0.15) is 0 Å². The fourth-order valence-corrected chi connectivity index (χ4v) is 5.07. The monoisotopic (exact) mass is 482 g/mol. The zero-order valence-electron chi connectivity index (χ0n) is 23.9. The van der Waals surface area contributed by atoms with Crippen molar-refractivity contribution in [3.05, 3.63) is 0 Å². The molecule has 0 aromatic heterocycles. The Balaban J connectivity index is 2.99. The summed E-state index contributed by atoms with van der Waals surface area (Å²) in [6, 6.07) is 0. The molecule has 2 heteroatoms. The molecule has 0 amide bonds. The largest absolute Gasteiger partial charge is 0.396 e. The summed E-state index contributed by atoms with van der Waals surface area (Å²) >= 11 is 0. The summed E-state index contributed by atoms with van der Waals surface area (Å²) in [5, 5.41) is 12.1. The highest BCUT2D eigenvalue weighted by molar-refractivity contribution is 4.53. The second-order valence-corrected chi connectivity index (χ2v) is 11.0. The molecule has 0 aliphatic carbocycles. The van der Waals surface area contributed by atoms with Crippen molar-refractivity contribution in [1.29, 1.82) is 0 Å². The molecule has 0 saturated heterocycles. The lowest BCUT2D eigenvalue weighted by Gasteiger charge is -2.05. The predicted molar refractivity (Wildman–Crippen MR) is 155 cm³/mol. The van der Waals surface area contributed by atoms with Gasteiger partial charge in [-0.15, -0.1) is 0 Å². The van der Waals surface area contributed by atoms with Gasteiger partial charge in [0.05, 0.1) is 0 Å². The van der Waals surface area contributed by atoms with Crippen LogP contribution in [0.2, 0.25) is 0 Å². The average molecular weight is 482 g/mol. The molecule has 0 heterocycles. The summed E-state index contributed by atoms with van der Waals surface area (Å²) in [6.07, 6.45) is 40.2. The van der Waals surface area contributed by atoms with E-state index in [4.69, 9.17) is 5.11 Å². The van der Waals surface area contributed by atoms with Crippen molar-refractivity contribution >= 4 is 0 Å². The van der Waals surface area contributed by atoms with Crippen molar-refractivity contribution in [2.24, 2.45) is 0 Å². The predicted octanol–water partition coefficient (Wildman–Crippen LogP) is 10.5. The zero-order chi connectivity index (χ0) is 24.6. The smallest absolute Gasteiger partial charge is 0.0443 e. The quantitative estimate of drug-likeness (QED) is 0.0965. The van der Waals surface area contributed by atoms with Crippen LogP contribution >= 0.6 is 0 Å². The molecule has 0 spiro atoms. The molecule has 206 valence electrons. The van der Waals surface area contributed by atoms with Gasteiger partial charge in [-0.3, -0.25) is 0 Å². The summed E-state index contributed by atoms with van der Waals surface area (Å²) < 4.78 is 0. The van der Waals surface area contributed by atoms with Gasteiger partial charge in [-0.2, -0.15) is 0 Å². The van der Waals surface area contributed by atoms with Crippen LogP contribution in [0.5, 0.6) is 0 Å². The number of nitrogens with one attached hydrogen (secondary N) is 1. The molecule has 2 N–H and O–H groups in total. The molecule has 0 aliphatic rings. The normalized spacial score (nSPS) is 11.5. The van der Waals surface area contributed by atoms with Crippen LogP contribution in [0, 0.1) is 0 Å². The SMILES string of the molecule is CCCCCCCCCCCCCCCCCCCCCCCCCCCCCNCCCO. The minimum atomic E-state index is 0.312. The van der Waals surface area contributed by atoms with E-state index in [1.807, 2.05) is 0 Å². The van der Waals surface area contributed by atoms with Crippen molar-refractivity contribution in [2.75, 3.05) is 19.7 Å². The number of hydrogen-bond donors (Lipinski definition) is 2. The Bertz CT molecular complexity index is 301. The number of aliphatic hydroxyl groups is 1. The van der Waals surface area contributed by atoms with Crippen LogP contribution in [0.4, 0.5) is 0 Å². The van der Waals surface area contributed by atoms with Crippen LogP contribution < -0.4 is 5.32 Å². The van der Waals surface area contributed by atoms with Crippen molar-refractivity contribution in [3.63, 3.8) is 0 Å². The maximum atomic E-state index is 8.73. The lowest BCUT2D eigenvalue weighted by molar-refractivity contribution is 0.286. The molecule has 0 unspecified atom stereocenters. The first kappa shape index (κ1) is 33.9. The van der Waals surface area contributed by atoms with Crippen LogP contribution in [-0.4, -0.2) is 24.8 Å². The molecule has 0 fully saturated rings. The number of aliphatic hydroxyl groups excluding tert-OH is 1. The first-order chi connectivity index (χ1) is 16.9. The van der Waals surface area contributed by atoms with E-state index in [0.717, 1.165) is 19.5 Å². The van der Waals surface area contributed by atoms with Gasteiger partial charge in [0.25, 0.3) is 0 Å². The molecule has 0 saturated carbocycles. The van der Waals surface area contributed by atoms with E-state index in [0.29, 0.717) is 6.61 Å². The minimum Gasteiger partial charge on any atom is -0.396 e. The standard InChI is InChI=1S/C32H67NO/c1-2-3-4-5-6-7-8-9-10-11-12-13-14-15-16-17-18-19-20-21-22-23-24-25-26-27-28-30-33-31-29-32-34/h33-34H,2-32H2,1H3. The van der Waals surface area contributed by atoms with Crippen molar-refractivity contribution in [2.45, 2.75) is 187 Å². The average Bonchev–Trinajstić information content (AvgIpc) is 2.85. The summed E-state index contributed by atoms with van der Waals surface area (Å²) in [5.41, 5.74) is 0. The first-order valence-corrected chi connectivity index (χ1v) is 16.2. The Morgan fingerprint density at radius 1 is 0.324 bits per heavy atom. The summed E-state index contributed by atoms with van der Waals surface area (Å²) in [6.45, 7) is 4.71. The second kappa shape index (κ2) is 32.9. The molecule has 0 atom stereocenters. The Kier molecular flexibility index (Phi) is 32.8. The van der Waals surface area contributed by atoms with Crippen molar-refractivity contribution in [3.8, 4) is 0 Å². The minimum absolute atomic E-state index is 0.312. The molecule has 0 rings (SSSR count). The third-order valence-electron chi connectivity index (χ3n) is 7.47. The lowest BCUT2D eigenvalue weighted by atomic mass is 10.0.